The van der Waals surface area contributed by atoms with Gasteiger partial charge in [0.2, 0.25) is 5.78 Å². The number of rotatable bonds is 8. The third kappa shape index (κ3) is 14.6. The summed E-state index contributed by atoms with van der Waals surface area (Å²) in [6, 6.07) is 17.4. The monoisotopic (exact) mass is 1640 g/mol. The van der Waals surface area contributed by atoms with E-state index < -0.39 is 8.07 Å². The van der Waals surface area contributed by atoms with Gasteiger partial charge in [-0.3, -0.25) is 9.59 Å². The summed E-state index contributed by atoms with van der Waals surface area (Å²) in [6.07, 6.45) is 67.3. The average Bonchev–Trinajstić information content (AvgIpc) is 0.680. The summed E-state index contributed by atoms with van der Waals surface area (Å²) in [6.45, 7) is 19.3. The predicted octanol–water partition coefficient (Wildman–Crippen LogP) is 20.1. The first-order chi connectivity index (χ1) is 58.3. The standard InChI is InChI=1S/C27H28O2.C26H26O2.C21H25NO.C20H30Si.C19H24O2/c1-2-26-12-19-22-15-27(16-23(19)21(14-26)24(17-27)20(22)13-26)10-8-25(28)29-11-9-18-6-4-3-5-7-18;1-2-25-9-18-21-12-26(8-7-24(28)17-6-4-3-5-16(17)15-27)13-22(18)20(11-25)23(14-26)19(21)10-25;1-3-20-7-13-16-10-21(6-5-19(23)22-4-2)11-17(13)15(9-20)18(12-21)14(16)8-20;1-7-19-11-16-10-17(12-19)14-20(13-16,15-19)8-9-21(5,6)18(2,3)4;1-4-18-8-15-7-16(9-18)11-19(10-15,13-18)6-5-17(20)21-12-14(2)3/h1,3-7,19-24H,9,11-17H2;1,3-6,18-23,27H,9-15H2;1,13-18H,4,7-12H2,2H3,(H,22,23);1,16-17H,10-15H2,2-6H3;1,14-16H,7-13H2,2-3H3. The van der Waals surface area contributed by atoms with Gasteiger partial charge in [-0.15, -0.1) is 43.6 Å². The molecule has 29 fully saturated rings. The molecule has 32 bridgehead atoms. The quantitative estimate of drug-likeness (QED) is 0.0675. The van der Waals surface area contributed by atoms with E-state index in [1.165, 1.54) is 179 Å². The van der Waals surface area contributed by atoms with Crippen molar-refractivity contribution in [3.05, 3.63) is 71.3 Å². The van der Waals surface area contributed by atoms with Crippen molar-refractivity contribution in [3.8, 4) is 121 Å². The van der Waals surface area contributed by atoms with Crippen LogP contribution in [0.15, 0.2) is 54.6 Å². The molecule has 0 spiro atoms. The van der Waals surface area contributed by atoms with Crippen molar-refractivity contribution in [2.45, 2.75) is 265 Å². The van der Waals surface area contributed by atoms with Crippen LogP contribution < -0.4 is 5.32 Å². The van der Waals surface area contributed by atoms with Crippen molar-refractivity contribution in [1.82, 2.24) is 5.32 Å². The number of hydrogen-bond donors (Lipinski definition) is 2. The van der Waals surface area contributed by atoms with Crippen molar-refractivity contribution >= 4 is 31.7 Å². The van der Waals surface area contributed by atoms with Crippen LogP contribution in [0.4, 0.5) is 0 Å². The van der Waals surface area contributed by atoms with Crippen LogP contribution in [0.2, 0.25) is 18.1 Å². The van der Waals surface area contributed by atoms with Gasteiger partial charge in [0.25, 0.3) is 5.91 Å². The van der Waals surface area contributed by atoms with Crippen LogP contribution in [0.5, 0.6) is 0 Å². The van der Waals surface area contributed by atoms with Crippen molar-refractivity contribution in [3.63, 3.8) is 0 Å². The molecule has 2 N–H and O–H groups in total. The smallest absolute Gasteiger partial charge is 0.384 e. The van der Waals surface area contributed by atoms with Crippen LogP contribution >= 0.6 is 0 Å². The van der Waals surface area contributed by atoms with E-state index in [0.29, 0.717) is 53.7 Å². The Hall–Kier alpha value is -7.70. The van der Waals surface area contributed by atoms with Gasteiger partial charge in [-0.1, -0.05) is 150 Å². The number of ether oxygens (including phenoxy) is 2. The zero-order chi connectivity index (χ0) is 85.2. The Bertz CT molecular complexity index is 4910. The molecule has 29 aliphatic rings. The second-order valence-corrected chi connectivity index (χ2v) is 52.6. The van der Waals surface area contributed by atoms with Gasteiger partial charge in [-0.25, -0.2) is 9.59 Å². The number of terminal acetylenes is 5. The van der Waals surface area contributed by atoms with Crippen LogP contribution in [0, 0.1) is 311 Å². The molecule has 0 aliphatic heterocycles. The number of carbonyl (C=O) groups is 4. The first-order valence-electron chi connectivity index (χ1n) is 48.2. The molecule has 31 rings (SSSR count). The number of aliphatic hydroxyl groups excluding tert-OH is 1. The van der Waals surface area contributed by atoms with E-state index in [1.54, 1.807) is 12.1 Å². The molecule has 29 aliphatic carbocycles. The normalized spacial score (nSPS) is 45.3. The first kappa shape index (κ1) is 83.8. The highest BCUT2D eigenvalue weighted by atomic mass is 28.3. The van der Waals surface area contributed by atoms with Crippen LogP contribution in [-0.4, -0.2) is 56.6 Å². The molecular formula is C113H133NO7Si. The molecule has 4 unspecified atom stereocenters. The molecule has 0 heterocycles. The maximum Gasteiger partial charge on any atom is 0.384 e. The predicted molar refractivity (Wildman–Crippen MR) is 482 cm³/mol. The number of hydrogen-bond acceptors (Lipinski definition) is 7. The number of aliphatic hydroxyl groups is 1. The van der Waals surface area contributed by atoms with Crippen LogP contribution in [0.25, 0.3) is 0 Å². The molecule has 2 aromatic carbocycles. The Morgan fingerprint density at radius 2 is 0.746 bits per heavy atom. The fraction of sp³-hybridized carbons (Fsp3) is 0.681. The van der Waals surface area contributed by atoms with E-state index in [1.807, 2.05) is 51.1 Å². The highest BCUT2D eigenvalue weighted by molar-refractivity contribution is 6.87. The Kier molecular flexibility index (Phi) is 21.0. The van der Waals surface area contributed by atoms with Gasteiger partial charge in [-0.2, -0.15) is 0 Å². The fourth-order valence-electron chi connectivity index (χ4n) is 34.5. The summed E-state index contributed by atoms with van der Waals surface area (Å²) < 4.78 is 10.6. The fourth-order valence-corrected chi connectivity index (χ4v) is 35.5. The van der Waals surface area contributed by atoms with E-state index >= 15 is 0 Å². The summed E-state index contributed by atoms with van der Waals surface area (Å²) in [5.41, 5.74) is 7.64. The van der Waals surface area contributed by atoms with Gasteiger partial charge in [0, 0.05) is 84.5 Å². The molecule has 1 amide bonds. The lowest BCUT2D eigenvalue weighted by Crippen LogP contribution is -2.67. The Labute approximate surface area is 733 Å². The SMILES string of the molecule is C#CC12CC3C4CC5(C#CC(=O)NCC)CC3C(C1)C(C5)C4C2.C#CC12CC3C4CC5(C#CC(=O)OCCc6ccccc6)CC3C(C1)C(C5)C4C2.C#CC12CC3C4CC5(C#CC(=O)c6ccccc6CO)CC3C(C1)C(C5)C4C2.C#CC12CC3CC(C1)CC(C#CC(=O)OCC(C)C)(C3)C2.C#CC12CC3CC(C1)CC(C#C[Si](C)(C)C(C)(C)C)(C3)C2. The maximum absolute atomic E-state index is 12.8. The third-order valence-corrected chi connectivity index (χ3v) is 43.4. The van der Waals surface area contributed by atoms with Crippen molar-refractivity contribution < 1.29 is 33.8 Å². The molecule has 0 radical (unpaired) electrons. The number of nitrogens with one attached hydrogen (secondary N) is 1. The Morgan fingerprint density at radius 3 is 1.10 bits per heavy atom. The van der Waals surface area contributed by atoms with Crippen LogP contribution in [0.1, 0.15) is 256 Å². The molecule has 9 heteroatoms. The van der Waals surface area contributed by atoms with Crippen molar-refractivity contribution in [2.24, 2.45) is 190 Å². The second-order valence-electron chi connectivity index (χ2n) is 47.6. The number of ketones is 1. The average molecular weight is 1650 g/mol. The number of Topliss-reactive ketones (excluding diaryl/α,β-unsaturated/α-hetero) is 1. The summed E-state index contributed by atoms with van der Waals surface area (Å²) in [7, 11) is -1.50. The molecule has 4 atom stereocenters. The molecule has 8 nitrogen and oxygen atoms in total. The summed E-state index contributed by atoms with van der Waals surface area (Å²) in [5.74, 6) is 62.4. The minimum atomic E-state index is -1.50. The molecule has 0 saturated heterocycles. The highest BCUT2D eigenvalue weighted by Crippen LogP contribution is 2.80. The van der Waals surface area contributed by atoms with E-state index in [-0.39, 0.29) is 84.4 Å². The Morgan fingerprint density at radius 1 is 0.426 bits per heavy atom. The summed E-state index contributed by atoms with van der Waals surface area (Å²) in [5, 5.41) is 12.7. The highest BCUT2D eigenvalue weighted by Gasteiger charge is 2.74. The second kappa shape index (κ2) is 30.5. The van der Waals surface area contributed by atoms with Crippen LogP contribution in [-0.2, 0) is 36.9 Å². The van der Waals surface area contributed by atoms with Gasteiger partial charge < -0.3 is 19.9 Å². The van der Waals surface area contributed by atoms with E-state index in [2.05, 4.69) is 140 Å². The molecule has 29 saturated carbocycles. The largest absolute Gasteiger partial charge is 0.456 e. The number of benzene rings is 2. The summed E-state index contributed by atoms with van der Waals surface area (Å²) >= 11 is 0. The van der Waals surface area contributed by atoms with Gasteiger partial charge >= 0.3 is 11.9 Å². The zero-order valence-corrected chi connectivity index (χ0v) is 75.5. The van der Waals surface area contributed by atoms with Gasteiger partial charge in [0.1, 0.15) is 8.07 Å². The maximum atomic E-state index is 12.8. The third-order valence-electron chi connectivity index (χ3n) is 38.9. The lowest BCUT2D eigenvalue weighted by atomic mass is 9.31. The number of carbonyl (C=O) groups excluding carboxylic acids is 4. The molecule has 636 valence electrons. The molecule has 0 aromatic heterocycles. The Balaban J connectivity index is 0.000000101. The van der Waals surface area contributed by atoms with Crippen LogP contribution in [0.3, 0.4) is 0 Å². The zero-order valence-electron chi connectivity index (χ0n) is 74.5. The molecule has 2 aromatic rings. The molecule has 122 heavy (non-hydrogen) atoms. The van der Waals surface area contributed by atoms with Crippen molar-refractivity contribution in [2.75, 3.05) is 19.8 Å². The summed E-state index contributed by atoms with van der Waals surface area (Å²) in [4.78, 5) is 48.5. The first-order valence-corrected chi connectivity index (χ1v) is 51.2. The lowest BCUT2D eigenvalue weighted by Gasteiger charge is -2.73. The van der Waals surface area contributed by atoms with Crippen molar-refractivity contribution in [1.29, 1.82) is 0 Å². The van der Waals surface area contributed by atoms with E-state index in [0.717, 1.165) is 144 Å². The van der Waals surface area contributed by atoms with Gasteiger partial charge in [0.15, 0.2) is 0 Å². The number of amides is 1. The van der Waals surface area contributed by atoms with E-state index in [9.17, 15) is 24.3 Å². The topological polar surface area (TPSA) is 119 Å². The minimum Gasteiger partial charge on any atom is -0.456 e. The van der Waals surface area contributed by atoms with E-state index in [4.69, 9.17) is 41.6 Å². The molecular weight excluding hydrogens is 1510 g/mol. The van der Waals surface area contributed by atoms with Gasteiger partial charge in [-0.05, 0) is 370 Å². The lowest BCUT2D eigenvalue weighted by molar-refractivity contribution is -0.233. The van der Waals surface area contributed by atoms with Gasteiger partial charge in [0.05, 0.1) is 19.8 Å². The number of esters is 2. The minimum absolute atomic E-state index is 0.0205.